The molecule has 1 aromatic heterocycles. The molecule has 0 bridgehead atoms. The van der Waals surface area contributed by atoms with E-state index in [1.54, 1.807) is 43.5 Å². The zero-order valence-corrected chi connectivity index (χ0v) is 17.6. The van der Waals surface area contributed by atoms with E-state index in [0.717, 1.165) is 0 Å². The minimum absolute atomic E-state index is 0.0449. The predicted octanol–water partition coefficient (Wildman–Crippen LogP) is 5.41. The maximum absolute atomic E-state index is 12.3. The average Bonchev–Trinajstić information content (AvgIpc) is 3.35. The summed E-state index contributed by atoms with van der Waals surface area (Å²) in [4.78, 5) is 27.7. The number of rotatable bonds is 5. The first kappa shape index (κ1) is 20.7. The minimum atomic E-state index is -0.556. The first-order valence-electron chi connectivity index (χ1n) is 8.91. The Morgan fingerprint density at radius 3 is 2.81 bits per heavy atom. The van der Waals surface area contributed by atoms with Crippen LogP contribution in [0.15, 0.2) is 68.9 Å². The van der Waals surface area contributed by atoms with Gasteiger partial charge in [0, 0.05) is 17.7 Å². The fourth-order valence-corrected chi connectivity index (χ4v) is 3.83. The Hall–Kier alpha value is -3.56. The molecular weight excluding hydrogens is 442 g/mol. The molecule has 0 spiro atoms. The van der Waals surface area contributed by atoms with Gasteiger partial charge in [-0.1, -0.05) is 23.7 Å². The number of carbonyl (C=O) groups is 1. The molecule has 0 radical (unpaired) electrons. The van der Waals surface area contributed by atoms with E-state index in [-0.39, 0.29) is 16.6 Å². The van der Waals surface area contributed by atoms with Crippen LogP contribution in [0.25, 0.3) is 17.4 Å². The number of para-hydroxylation sites is 2. The highest BCUT2D eigenvalue weighted by atomic mass is 35.5. The van der Waals surface area contributed by atoms with Gasteiger partial charge in [0.15, 0.2) is 5.17 Å². The van der Waals surface area contributed by atoms with Crippen molar-refractivity contribution in [1.29, 1.82) is 0 Å². The van der Waals surface area contributed by atoms with E-state index < -0.39 is 4.92 Å². The Kier molecular flexibility index (Phi) is 5.79. The number of hydrogen-bond acceptors (Lipinski definition) is 7. The summed E-state index contributed by atoms with van der Waals surface area (Å²) in [7, 11) is 1.55. The molecule has 3 aromatic rings. The Bertz CT molecular complexity index is 1250. The van der Waals surface area contributed by atoms with Gasteiger partial charge in [-0.15, -0.1) is 0 Å². The minimum Gasteiger partial charge on any atom is -0.494 e. The highest BCUT2D eigenvalue weighted by Crippen LogP contribution is 2.34. The van der Waals surface area contributed by atoms with Gasteiger partial charge in [-0.3, -0.25) is 14.9 Å². The number of nitrogens with zero attached hydrogens (tertiary/aromatic N) is 2. The van der Waals surface area contributed by atoms with Crippen LogP contribution in [0.1, 0.15) is 5.76 Å². The summed E-state index contributed by atoms with van der Waals surface area (Å²) >= 11 is 7.03. The quantitative estimate of drug-likeness (QED) is 0.313. The fraction of sp³-hybridized carbons (Fsp3) is 0.0476. The fourth-order valence-electron chi connectivity index (χ4n) is 2.83. The number of thioether (sulfide) groups is 1. The maximum Gasteiger partial charge on any atom is 0.288 e. The number of nitrogens with one attached hydrogen (secondary N) is 1. The van der Waals surface area contributed by atoms with E-state index >= 15 is 0 Å². The highest BCUT2D eigenvalue weighted by Gasteiger charge is 2.25. The van der Waals surface area contributed by atoms with Crippen LogP contribution in [0.4, 0.5) is 11.4 Å². The number of amides is 1. The lowest BCUT2D eigenvalue weighted by molar-refractivity contribution is -0.384. The second kappa shape index (κ2) is 8.66. The monoisotopic (exact) mass is 455 g/mol. The molecule has 1 amide bonds. The Morgan fingerprint density at radius 1 is 1.23 bits per heavy atom. The van der Waals surface area contributed by atoms with Crippen molar-refractivity contribution in [3.63, 3.8) is 0 Å². The number of aliphatic imine (C=N–C) groups is 1. The van der Waals surface area contributed by atoms with Gasteiger partial charge in [-0.2, -0.15) is 0 Å². The van der Waals surface area contributed by atoms with Crippen molar-refractivity contribution in [3.8, 4) is 17.1 Å². The average molecular weight is 456 g/mol. The largest absolute Gasteiger partial charge is 0.494 e. The van der Waals surface area contributed by atoms with Gasteiger partial charge < -0.3 is 14.5 Å². The summed E-state index contributed by atoms with van der Waals surface area (Å²) in [5, 5.41) is 14.3. The second-order valence-corrected chi connectivity index (χ2v) is 7.72. The number of carbonyl (C=O) groups excluding carboxylic acids is 1. The maximum atomic E-state index is 12.3. The van der Waals surface area contributed by atoms with Crippen molar-refractivity contribution in [3.05, 3.63) is 80.4 Å². The molecule has 156 valence electrons. The van der Waals surface area contributed by atoms with Crippen LogP contribution in [-0.4, -0.2) is 23.1 Å². The third-order valence-electron chi connectivity index (χ3n) is 4.29. The number of nitro groups is 1. The number of ether oxygens (including phenoxy) is 1. The second-order valence-electron chi connectivity index (χ2n) is 6.28. The smallest absolute Gasteiger partial charge is 0.288 e. The van der Waals surface area contributed by atoms with Crippen molar-refractivity contribution in [2.45, 2.75) is 0 Å². The molecule has 1 N–H and O–H groups in total. The molecule has 0 aliphatic carbocycles. The van der Waals surface area contributed by atoms with Crippen LogP contribution in [0.5, 0.6) is 5.75 Å². The van der Waals surface area contributed by atoms with Crippen LogP contribution >= 0.6 is 23.4 Å². The van der Waals surface area contributed by atoms with E-state index in [4.69, 9.17) is 20.8 Å². The molecule has 8 nitrogen and oxygen atoms in total. The van der Waals surface area contributed by atoms with Crippen LogP contribution in [0.3, 0.4) is 0 Å². The molecular formula is C21H14ClN3O5S. The van der Waals surface area contributed by atoms with Gasteiger partial charge >= 0.3 is 0 Å². The number of benzene rings is 2. The number of methoxy groups -OCH3 is 1. The van der Waals surface area contributed by atoms with Gasteiger partial charge in [-0.25, -0.2) is 4.99 Å². The third-order valence-corrected chi connectivity index (χ3v) is 5.52. The number of halogens is 1. The van der Waals surface area contributed by atoms with E-state index in [1.165, 1.54) is 23.9 Å². The number of hydrogen-bond donors (Lipinski definition) is 1. The summed E-state index contributed by atoms with van der Waals surface area (Å²) in [6.45, 7) is 0. The SMILES string of the molecule is COc1ccccc1N=C1NC(=O)/C(=C/c2ccc(-c3ccc(Cl)c([N+](=O)[O-])c3)o2)S1. The van der Waals surface area contributed by atoms with E-state index in [9.17, 15) is 14.9 Å². The topological polar surface area (TPSA) is 107 Å². The standard InChI is InChI=1S/C21H14ClN3O5S/c1-29-18-5-3-2-4-15(18)23-21-24-20(26)19(31-21)11-13-7-9-17(30-13)12-6-8-14(22)16(10-12)25(27)28/h2-11H,1H3,(H,23,24,26)/b19-11-. The molecule has 10 heteroatoms. The molecule has 1 fully saturated rings. The Morgan fingerprint density at radius 2 is 2.03 bits per heavy atom. The molecule has 31 heavy (non-hydrogen) atoms. The Labute approximate surface area is 185 Å². The van der Waals surface area contributed by atoms with Crippen molar-refractivity contribution < 1.29 is 18.9 Å². The highest BCUT2D eigenvalue weighted by molar-refractivity contribution is 8.18. The van der Waals surface area contributed by atoms with Gasteiger partial charge in [0.2, 0.25) is 0 Å². The first-order chi connectivity index (χ1) is 14.9. The number of nitro benzene ring substituents is 1. The van der Waals surface area contributed by atoms with Crippen LogP contribution in [0, 0.1) is 10.1 Å². The molecule has 2 heterocycles. The van der Waals surface area contributed by atoms with Crippen molar-refractivity contribution in [1.82, 2.24) is 5.32 Å². The van der Waals surface area contributed by atoms with E-state index in [0.29, 0.717) is 38.6 Å². The molecule has 2 aromatic carbocycles. The molecule has 0 unspecified atom stereocenters. The summed E-state index contributed by atoms with van der Waals surface area (Å²) in [5.41, 5.74) is 0.889. The van der Waals surface area contributed by atoms with Crippen LogP contribution < -0.4 is 10.1 Å². The lowest BCUT2D eigenvalue weighted by Gasteiger charge is -2.03. The summed E-state index contributed by atoms with van der Waals surface area (Å²) < 4.78 is 11.0. The Balaban J connectivity index is 1.57. The molecule has 1 aliphatic heterocycles. The normalized spacial score (nSPS) is 16.0. The zero-order valence-electron chi connectivity index (χ0n) is 16.0. The van der Waals surface area contributed by atoms with Crippen LogP contribution in [-0.2, 0) is 4.79 Å². The predicted molar refractivity (Wildman–Crippen MR) is 120 cm³/mol. The van der Waals surface area contributed by atoms with Crippen molar-refractivity contribution in [2.75, 3.05) is 7.11 Å². The summed E-state index contributed by atoms with van der Waals surface area (Å²) in [5.74, 6) is 1.12. The van der Waals surface area contributed by atoms with Gasteiger partial charge in [0.05, 0.1) is 16.9 Å². The molecule has 1 aliphatic rings. The first-order valence-corrected chi connectivity index (χ1v) is 10.1. The van der Waals surface area contributed by atoms with Gasteiger partial charge in [-0.05, 0) is 48.2 Å². The lowest BCUT2D eigenvalue weighted by Crippen LogP contribution is -2.19. The number of amidine groups is 1. The summed E-state index contributed by atoms with van der Waals surface area (Å²) in [6.07, 6.45) is 1.58. The lowest BCUT2D eigenvalue weighted by atomic mass is 10.1. The molecule has 0 atom stereocenters. The third kappa shape index (κ3) is 4.47. The number of furan rings is 1. The van der Waals surface area contributed by atoms with Crippen molar-refractivity contribution in [2.24, 2.45) is 4.99 Å². The molecule has 0 saturated carbocycles. The van der Waals surface area contributed by atoms with E-state index in [2.05, 4.69) is 10.3 Å². The van der Waals surface area contributed by atoms with Gasteiger partial charge in [0.1, 0.15) is 28.0 Å². The molecule has 4 rings (SSSR count). The van der Waals surface area contributed by atoms with E-state index in [1.807, 2.05) is 12.1 Å². The van der Waals surface area contributed by atoms with Gasteiger partial charge in [0.25, 0.3) is 11.6 Å². The summed E-state index contributed by atoms with van der Waals surface area (Å²) in [6, 6.07) is 15.0. The van der Waals surface area contributed by atoms with Crippen molar-refractivity contribution >= 4 is 51.9 Å². The zero-order chi connectivity index (χ0) is 22.0. The van der Waals surface area contributed by atoms with Crippen LogP contribution in [0.2, 0.25) is 5.02 Å². The molecule has 1 saturated heterocycles.